The van der Waals surface area contributed by atoms with Crippen LogP contribution in [0.5, 0.6) is 0 Å². The molecule has 1 aliphatic rings. The third kappa shape index (κ3) is 5.29. The molecule has 2 heterocycles. The van der Waals surface area contributed by atoms with Crippen molar-refractivity contribution < 1.29 is 18.7 Å². The number of carbonyl (C=O) groups excluding carboxylic acids is 2. The summed E-state index contributed by atoms with van der Waals surface area (Å²) in [5.74, 6) is -1.35. The Morgan fingerprint density at radius 1 is 1.00 bits per heavy atom. The number of anilines is 2. The van der Waals surface area contributed by atoms with Crippen molar-refractivity contribution in [3.05, 3.63) is 83.3 Å². The van der Waals surface area contributed by atoms with E-state index in [0.717, 1.165) is 5.46 Å². The number of hydrogen-bond donors (Lipinski definition) is 3. The minimum Gasteiger partial charge on any atom is -0.378 e. The minimum absolute atomic E-state index is 0.181. The van der Waals surface area contributed by atoms with E-state index in [0.29, 0.717) is 37.7 Å². The van der Waals surface area contributed by atoms with E-state index in [1.54, 1.807) is 41.4 Å². The average Bonchev–Trinajstić information content (AvgIpc) is 2.85. The number of pyridine rings is 1. The molecule has 1 fully saturated rings. The van der Waals surface area contributed by atoms with Crippen molar-refractivity contribution in [3.8, 4) is 0 Å². The number of aromatic nitrogens is 1. The van der Waals surface area contributed by atoms with Crippen LogP contribution < -0.4 is 16.1 Å². The Labute approximate surface area is 197 Å². The lowest BCUT2D eigenvalue weighted by molar-refractivity contribution is 0.0680. The molecule has 0 radical (unpaired) electrons. The van der Waals surface area contributed by atoms with Gasteiger partial charge in [0.1, 0.15) is 25.3 Å². The Bertz CT molecular complexity index is 1230. The first-order chi connectivity index (χ1) is 16.4. The molecule has 3 N–H and O–H groups in total. The SMILES string of the molecule is Bc1ccc(NC(=O)c2ccccc2NC(=O)c2ccc(C(=N)N3CCOCC3)cc2F)nc1. The third-order valence-corrected chi connectivity index (χ3v) is 5.39. The van der Waals surface area contributed by atoms with Crippen molar-refractivity contribution in [1.82, 2.24) is 9.88 Å². The van der Waals surface area contributed by atoms with E-state index < -0.39 is 17.6 Å². The summed E-state index contributed by atoms with van der Waals surface area (Å²) in [6.45, 7) is 2.13. The monoisotopic (exact) mass is 459 g/mol. The predicted molar refractivity (Wildman–Crippen MR) is 130 cm³/mol. The molecule has 0 spiro atoms. The average molecular weight is 459 g/mol. The molecular weight excluding hydrogens is 436 g/mol. The summed E-state index contributed by atoms with van der Waals surface area (Å²) in [4.78, 5) is 31.5. The van der Waals surface area contributed by atoms with Crippen molar-refractivity contribution in [2.24, 2.45) is 0 Å². The van der Waals surface area contributed by atoms with Gasteiger partial charge in [0.15, 0.2) is 0 Å². The van der Waals surface area contributed by atoms with Crippen LogP contribution in [0.1, 0.15) is 26.3 Å². The lowest BCUT2D eigenvalue weighted by atomic mass is 9.99. The summed E-state index contributed by atoms with van der Waals surface area (Å²) in [6, 6.07) is 14.0. The molecule has 0 unspecified atom stereocenters. The van der Waals surface area contributed by atoms with E-state index in [-0.39, 0.29) is 22.6 Å². The molecular formula is C24H23BFN5O3. The molecule has 0 aliphatic carbocycles. The number of benzene rings is 2. The standard InChI is InChI=1S/C24H23BFN5O3/c25-16-6-8-21(28-14-16)30-24(33)18-3-1-2-4-20(18)29-23(32)17-7-5-15(13-19(17)26)22(27)31-9-11-34-12-10-31/h1-8,13-14,27H,9-12,25H2,(H,29,32)(H,28,30,33). The maximum Gasteiger partial charge on any atom is 0.258 e. The first-order valence-electron chi connectivity index (χ1n) is 10.8. The molecule has 172 valence electrons. The van der Waals surface area contributed by atoms with Gasteiger partial charge >= 0.3 is 0 Å². The zero-order chi connectivity index (χ0) is 24.1. The molecule has 2 aromatic carbocycles. The number of hydrogen-bond acceptors (Lipinski definition) is 5. The molecule has 10 heteroatoms. The Hall–Kier alpha value is -4.05. The highest BCUT2D eigenvalue weighted by Gasteiger charge is 2.20. The number of rotatable bonds is 5. The van der Waals surface area contributed by atoms with Crippen molar-refractivity contribution in [2.45, 2.75) is 0 Å². The van der Waals surface area contributed by atoms with Gasteiger partial charge in [-0.25, -0.2) is 9.37 Å². The van der Waals surface area contributed by atoms with Crippen LogP contribution >= 0.6 is 0 Å². The van der Waals surface area contributed by atoms with Gasteiger partial charge in [0.05, 0.1) is 30.0 Å². The second kappa shape index (κ2) is 10.3. The highest BCUT2D eigenvalue weighted by Crippen LogP contribution is 2.20. The molecule has 1 aromatic heterocycles. The maximum absolute atomic E-state index is 14.8. The number of halogens is 1. The maximum atomic E-state index is 14.8. The number of morpholine rings is 1. The number of ether oxygens (including phenoxy) is 1. The topological polar surface area (TPSA) is 107 Å². The molecule has 0 saturated carbocycles. The van der Waals surface area contributed by atoms with Crippen LogP contribution in [0.2, 0.25) is 0 Å². The normalized spacial score (nSPS) is 13.3. The molecule has 0 atom stereocenters. The van der Waals surface area contributed by atoms with E-state index in [1.165, 1.54) is 18.2 Å². The molecule has 2 amide bonds. The summed E-state index contributed by atoms with van der Waals surface area (Å²) < 4.78 is 20.1. The van der Waals surface area contributed by atoms with Gasteiger partial charge in [-0.2, -0.15) is 0 Å². The largest absolute Gasteiger partial charge is 0.378 e. The summed E-state index contributed by atoms with van der Waals surface area (Å²) >= 11 is 0. The van der Waals surface area contributed by atoms with E-state index in [2.05, 4.69) is 15.6 Å². The van der Waals surface area contributed by atoms with Crippen molar-refractivity contribution in [1.29, 1.82) is 5.41 Å². The van der Waals surface area contributed by atoms with Crippen LogP contribution in [0.4, 0.5) is 15.9 Å². The van der Waals surface area contributed by atoms with Gasteiger partial charge in [-0.3, -0.25) is 15.0 Å². The lowest BCUT2D eigenvalue weighted by Gasteiger charge is -2.29. The van der Waals surface area contributed by atoms with Crippen LogP contribution in [0.3, 0.4) is 0 Å². The van der Waals surface area contributed by atoms with Gasteiger partial charge in [-0.15, -0.1) is 0 Å². The number of nitrogens with one attached hydrogen (secondary N) is 3. The molecule has 1 aliphatic heterocycles. The number of carbonyl (C=O) groups is 2. The van der Waals surface area contributed by atoms with Crippen LogP contribution in [-0.4, -0.2) is 61.7 Å². The Morgan fingerprint density at radius 3 is 2.44 bits per heavy atom. The summed E-state index contributed by atoms with van der Waals surface area (Å²) in [6.07, 6.45) is 1.63. The number of nitrogens with zero attached hydrogens (tertiary/aromatic N) is 2. The van der Waals surface area contributed by atoms with Gasteiger partial charge in [0.2, 0.25) is 0 Å². The molecule has 1 saturated heterocycles. The highest BCUT2D eigenvalue weighted by molar-refractivity contribution is 6.32. The van der Waals surface area contributed by atoms with Crippen molar-refractivity contribution in [2.75, 3.05) is 36.9 Å². The zero-order valence-corrected chi connectivity index (χ0v) is 18.6. The predicted octanol–water partition coefficient (Wildman–Crippen LogP) is 1.64. The second-order valence-corrected chi connectivity index (χ2v) is 7.82. The van der Waals surface area contributed by atoms with Crippen LogP contribution in [0.25, 0.3) is 0 Å². The molecule has 8 nitrogen and oxygen atoms in total. The summed E-state index contributed by atoms with van der Waals surface area (Å²) in [7, 11) is 1.89. The van der Waals surface area contributed by atoms with Gasteiger partial charge < -0.3 is 20.3 Å². The van der Waals surface area contributed by atoms with Crippen LogP contribution in [0.15, 0.2) is 60.8 Å². The van der Waals surface area contributed by atoms with E-state index in [1.807, 2.05) is 13.9 Å². The fraction of sp³-hybridized carbons (Fsp3) is 0.167. The Morgan fingerprint density at radius 2 is 1.74 bits per heavy atom. The Balaban J connectivity index is 1.49. The lowest BCUT2D eigenvalue weighted by Crippen LogP contribution is -2.40. The zero-order valence-electron chi connectivity index (χ0n) is 18.6. The fourth-order valence-electron chi connectivity index (χ4n) is 3.52. The van der Waals surface area contributed by atoms with E-state index >= 15 is 0 Å². The van der Waals surface area contributed by atoms with Crippen LogP contribution in [-0.2, 0) is 4.74 Å². The third-order valence-electron chi connectivity index (χ3n) is 5.39. The summed E-state index contributed by atoms with van der Waals surface area (Å²) in [5.41, 5.74) is 1.60. The quantitative estimate of drug-likeness (QED) is 0.306. The molecule has 0 bridgehead atoms. The van der Waals surface area contributed by atoms with Crippen molar-refractivity contribution >= 4 is 42.5 Å². The van der Waals surface area contributed by atoms with Gasteiger partial charge in [-0.05, 0) is 30.3 Å². The highest BCUT2D eigenvalue weighted by atomic mass is 19.1. The summed E-state index contributed by atoms with van der Waals surface area (Å²) in [5, 5.41) is 13.6. The number of amidine groups is 1. The van der Waals surface area contributed by atoms with Gasteiger partial charge in [0.25, 0.3) is 11.8 Å². The van der Waals surface area contributed by atoms with Gasteiger partial charge in [0, 0.05) is 24.8 Å². The molecule has 3 aromatic rings. The van der Waals surface area contributed by atoms with Crippen LogP contribution in [0, 0.1) is 11.2 Å². The first kappa shape index (κ1) is 23.1. The molecule has 4 rings (SSSR count). The number of para-hydroxylation sites is 1. The molecule has 34 heavy (non-hydrogen) atoms. The smallest absolute Gasteiger partial charge is 0.258 e. The second-order valence-electron chi connectivity index (χ2n) is 7.82. The van der Waals surface area contributed by atoms with E-state index in [9.17, 15) is 14.0 Å². The fourth-order valence-corrected chi connectivity index (χ4v) is 3.52. The van der Waals surface area contributed by atoms with Gasteiger partial charge in [-0.1, -0.05) is 29.7 Å². The minimum atomic E-state index is -0.751. The Kier molecular flexibility index (Phi) is 6.98. The van der Waals surface area contributed by atoms with E-state index in [4.69, 9.17) is 10.1 Å². The first-order valence-corrected chi connectivity index (χ1v) is 10.8. The number of amides is 2. The van der Waals surface area contributed by atoms with Crippen molar-refractivity contribution in [3.63, 3.8) is 0 Å².